The summed E-state index contributed by atoms with van der Waals surface area (Å²) in [6.45, 7) is 16.7. The summed E-state index contributed by atoms with van der Waals surface area (Å²) in [5, 5.41) is 3.94. The number of hydrogen-bond acceptors (Lipinski definition) is 3. The zero-order chi connectivity index (χ0) is 14.8. The molecule has 2 saturated heterocycles. The molecule has 3 nitrogen and oxygen atoms in total. The topological polar surface area (TPSA) is 18.5 Å². The molecule has 2 aliphatic rings. The Bertz CT molecular complexity index is 279. The third kappa shape index (κ3) is 4.44. The van der Waals surface area contributed by atoms with E-state index < -0.39 is 0 Å². The van der Waals surface area contributed by atoms with E-state index in [9.17, 15) is 0 Å². The Morgan fingerprint density at radius 3 is 1.70 bits per heavy atom. The fourth-order valence-electron chi connectivity index (χ4n) is 3.63. The van der Waals surface area contributed by atoms with Gasteiger partial charge in [-0.15, -0.1) is 0 Å². The van der Waals surface area contributed by atoms with Crippen molar-refractivity contribution in [1.82, 2.24) is 15.1 Å². The lowest BCUT2D eigenvalue weighted by atomic mass is 9.96. The van der Waals surface area contributed by atoms with E-state index >= 15 is 0 Å². The number of likely N-dealkylation sites (tertiary alicyclic amines) is 2. The van der Waals surface area contributed by atoms with Crippen LogP contribution in [-0.4, -0.2) is 59.6 Å². The summed E-state index contributed by atoms with van der Waals surface area (Å²) in [5.74, 6) is 0. The number of nitrogens with zero attached hydrogens (tertiary/aromatic N) is 2. The Kier molecular flexibility index (Phi) is 5.49. The minimum atomic E-state index is 0.341. The average Bonchev–Trinajstić information content (AvgIpc) is 2.39. The molecule has 2 fully saturated rings. The second-order valence-corrected chi connectivity index (χ2v) is 8.00. The number of piperidine rings is 2. The smallest absolute Gasteiger partial charge is 0.0125 e. The molecule has 0 saturated carbocycles. The van der Waals surface area contributed by atoms with E-state index in [0.717, 1.165) is 12.1 Å². The predicted molar refractivity (Wildman–Crippen MR) is 87.2 cm³/mol. The summed E-state index contributed by atoms with van der Waals surface area (Å²) in [7, 11) is 0. The van der Waals surface area contributed by atoms with Crippen molar-refractivity contribution >= 4 is 0 Å². The lowest BCUT2D eigenvalue weighted by Gasteiger charge is -2.43. The first-order valence-corrected chi connectivity index (χ1v) is 8.61. The van der Waals surface area contributed by atoms with Crippen molar-refractivity contribution in [3.05, 3.63) is 0 Å². The highest BCUT2D eigenvalue weighted by Crippen LogP contribution is 2.21. The van der Waals surface area contributed by atoms with E-state index in [1.54, 1.807) is 0 Å². The molecule has 20 heavy (non-hydrogen) atoms. The maximum Gasteiger partial charge on any atom is 0.0125 e. The minimum absolute atomic E-state index is 0.341. The Balaban J connectivity index is 1.69. The van der Waals surface area contributed by atoms with Crippen LogP contribution in [-0.2, 0) is 0 Å². The highest BCUT2D eigenvalue weighted by atomic mass is 15.2. The van der Waals surface area contributed by atoms with Gasteiger partial charge in [0.05, 0.1) is 0 Å². The third-order valence-corrected chi connectivity index (χ3v) is 5.17. The van der Waals surface area contributed by atoms with Crippen molar-refractivity contribution in [1.29, 1.82) is 0 Å². The van der Waals surface area contributed by atoms with Crippen molar-refractivity contribution in [2.24, 2.45) is 0 Å². The zero-order valence-corrected chi connectivity index (χ0v) is 14.3. The molecule has 0 aromatic rings. The van der Waals surface area contributed by atoms with Gasteiger partial charge in [-0.2, -0.15) is 0 Å². The molecule has 0 atom stereocenters. The van der Waals surface area contributed by atoms with Crippen molar-refractivity contribution < 1.29 is 0 Å². The largest absolute Gasteiger partial charge is 0.311 e. The summed E-state index contributed by atoms with van der Waals surface area (Å²) in [5.41, 5.74) is 0.341. The third-order valence-electron chi connectivity index (χ3n) is 5.17. The summed E-state index contributed by atoms with van der Waals surface area (Å²) in [6.07, 6.45) is 5.30. The Morgan fingerprint density at radius 1 is 0.850 bits per heavy atom. The molecule has 0 radical (unpaired) electrons. The van der Waals surface area contributed by atoms with Crippen LogP contribution in [0.5, 0.6) is 0 Å². The molecule has 0 amide bonds. The first kappa shape index (κ1) is 16.3. The molecule has 0 bridgehead atoms. The van der Waals surface area contributed by atoms with Crippen LogP contribution >= 0.6 is 0 Å². The van der Waals surface area contributed by atoms with E-state index in [1.165, 1.54) is 51.9 Å². The molecular weight excluding hydrogens is 246 g/mol. The molecule has 118 valence electrons. The first-order chi connectivity index (χ1) is 9.36. The SMILES string of the molecule is CC(C)N1CCC(NC2CCN(C(C)(C)C)CC2)CC1. The van der Waals surface area contributed by atoms with Crippen LogP contribution in [0, 0.1) is 0 Å². The van der Waals surface area contributed by atoms with Gasteiger partial charge in [0.1, 0.15) is 0 Å². The van der Waals surface area contributed by atoms with Crippen LogP contribution < -0.4 is 5.32 Å². The van der Waals surface area contributed by atoms with Gasteiger partial charge in [0.2, 0.25) is 0 Å². The van der Waals surface area contributed by atoms with Gasteiger partial charge in [-0.1, -0.05) is 0 Å². The lowest BCUT2D eigenvalue weighted by molar-refractivity contribution is 0.0876. The normalized spacial score (nSPS) is 25.5. The van der Waals surface area contributed by atoms with Gasteiger partial charge in [0, 0.05) is 36.8 Å². The van der Waals surface area contributed by atoms with Gasteiger partial charge < -0.3 is 10.2 Å². The van der Waals surface area contributed by atoms with Gasteiger partial charge in [-0.05, 0) is 73.4 Å². The fourth-order valence-corrected chi connectivity index (χ4v) is 3.63. The van der Waals surface area contributed by atoms with Crippen molar-refractivity contribution in [3.63, 3.8) is 0 Å². The molecular formula is C17H35N3. The van der Waals surface area contributed by atoms with E-state index in [0.29, 0.717) is 11.6 Å². The highest BCUT2D eigenvalue weighted by Gasteiger charge is 2.29. The van der Waals surface area contributed by atoms with E-state index in [-0.39, 0.29) is 0 Å². The quantitative estimate of drug-likeness (QED) is 0.858. The van der Waals surface area contributed by atoms with Crippen LogP contribution in [0.2, 0.25) is 0 Å². The number of nitrogens with one attached hydrogen (secondary N) is 1. The second-order valence-electron chi connectivity index (χ2n) is 8.00. The maximum atomic E-state index is 3.94. The number of rotatable bonds is 3. The zero-order valence-electron chi connectivity index (χ0n) is 14.3. The molecule has 3 heteroatoms. The molecule has 0 aromatic heterocycles. The van der Waals surface area contributed by atoms with Crippen molar-refractivity contribution in [2.75, 3.05) is 26.2 Å². The Hall–Kier alpha value is -0.120. The van der Waals surface area contributed by atoms with Gasteiger partial charge in [-0.3, -0.25) is 4.90 Å². The molecule has 2 heterocycles. The van der Waals surface area contributed by atoms with Crippen LogP contribution in [0.1, 0.15) is 60.3 Å². The second kappa shape index (κ2) is 6.76. The van der Waals surface area contributed by atoms with Crippen LogP contribution in [0.4, 0.5) is 0 Å². The van der Waals surface area contributed by atoms with Crippen LogP contribution in [0.15, 0.2) is 0 Å². The standard InChI is InChI=1S/C17H35N3/c1-14(2)19-10-6-15(7-11-19)18-16-8-12-20(13-9-16)17(3,4)5/h14-16,18H,6-13H2,1-5H3. The number of hydrogen-bond donors (Lipinski definition) is 1. The van der Waals surface area contributed by atoms with Crippen LogP contribution in [0.25, 0.3) is 0 Å². The first-order valence-electron chi connectivity index (χ1n) is 8.61. The lowest BCUT2D eigenvalue weighted by Crippen LogP contribution is -2.53. The molecule has 0 aliphatic carbocycles. The highest BCUT2D eigenvalue weighted by molar-refractivity contribution is 4.87. The van der Waals surface area contributed by atoms with Gasteiger partial charge >= 0.3 is 0 Å². The van der Waals surface area contributed by atoms with Crippen LogP contribution in [0.3, 0.4) is 0 Å². The summed E-state index contributed by atoms with van der Waals surface area (Å²) >= 11 is 0. The molecule has 0 aromatic carbocycles. The maximum absolute atomic E-state index is 3.94. The molecule has 0 spiro atoms. The van der Waals surface area contributed by atoms with Gasteiger partial charge in [-0.25, -0.2) is 0 Å². The predicted octanol–water partition coefficient (Wildman–Crippen LogP) is 2.71. The summed E-state index contributed by atoms with van der Waals surface area (Å²) in [4.78, 5) is 5.24. The minimum Gasteiger partial charge on any atom is -0.311 e. The summed E-state index contributed by atoms with van der Waals surface area (Å²) < 4.78 is 0. The van der Waals surface area contributed by atoms with Gasteiger partial charge in [0.15, 0.2) is 0 Å². The average molecular weight is 281 g/mol. The van der Waals surface area contributed by atoms with Gasteiger partial charge in [0.25, 0.3) is 0 Å². The molecule has 2 rings (SSSR count). The van der Waals surface area contributed by atoms with E-state index in [1.807, 2.05) is 0 Å². The van der Waals surface area contributed by atoms with E-state index in [4.69, 9.17) is 0 Å². The molecule has 2 aliphatic heterocycles. The Labute approximate surface area is 126 Å². The van der Waals surface area contributed by atoms with E-state index in [2.05, 4.69) is 49.7 Å². The Morgan fingerprint density at radius 2 is 1.30 bits per heavy atom. The fraction of sp³-hybridized carbons (Fsp3) is 1.00. The monoisotopic (exact) mass is 281 g/mol. The van der Waals surface area contributed by atoms with Crippen molar-refractivity contribution in [3.8, 4) is 0 Å². The molecule has 0 unspecified atom stereocenters. The van der Waals surface area contributed by atoms with Crippen molar-refractivity contribution in [2.45, 2.75) is 84.0 Å². The summed E-state index contributed by atoms with van der Waals surface area (Å²) in [6, 6.07) is 2.23. The molecule has 1 N–H and O–H groups in total.